The zero-order valence-electron chi connectivity index (χ0n) is 8.83. The average Bonchev–Trinajstić information content (AvgIpc) is 2.72. The predicted molar refractivity (Wildman–Crippen MR) is 60.2 cm³/mol. The first kappa shape index (κ1) is 12.7. The Labute approximate surface area is 96.5 Å². The van der Waals surface area contributed by atoms with Crippen molar-refractivity contribution < 1.29 is 9.53 Å². The van der Waals surface area contributed by atoms with Crippen LogP contribution in [-0.4, -0.2) is 38.3 Å². The zero-order chi connectivity index (χ0) is 9.80. The molecule has 0 aromatic rings. The summed E-state index contributed by atoms with van der Waals surface area (Å²) in [4.78, 5) is 11.7. The highest BCUT2D eigenvalue weighted by atomic mass is 35.5. The summed E-state index contributed by atoms with van der Waals surface area (Å²) < 4.78 is 5.24. The quantitative estimate of drug-likeness (QED) is 0.723. The molecule has 2 saturated heterocycles. The van der Waals surface area contributed by atoms with Crippen molar-refractivity contribution in [3.8, 4) is 0 Å². The summed E-state index contributed by atoms with van der Waals surface area (Å²) >= 11 is 0. The summed E-state index contributed by atoms with van der Waals surface area (Å²) in [6, 6.07) is 0.344. The first-order chi connectivity index (χ1) is 6.86. The first-order valence-corrected chi connectivity index (χ1v) is 5.45. The van der Waals surface area contributed by atoms with E-state index < -0.39 is 0 Å². The van der Waals surface area contributed by atoms with Gasteiger partial charge in [0.15, 0.2) is 0 Å². The van der Waals surface area contributed by atoms with Crippen LogP contribution < -0.4 is 10.6 Å². The Kier molecular flexibility index (Phi) is 5.36. The van der Waals surface area contributed by atoms with E-state index in [0.717, 1.165) is 45.6 Å². The van der Waals surface area contributed by atoms with Crippen LogP contribution in [0.2, 0.25) is 0 Å². The van der Waals surface area contributed by atoms with E-state index in [4.69, 9.17) is 4.74 Å². The molecule has 2 aliphatic rings. The van der Waals surface area contributed by atoms with Crippen molar-refractivity contribution in [1.82, 2.24) is 10.6 Å². The second-order valence-corrected chi connectivity index (χ2v) is 4.08. The Morgan fingerprint density at radius 2 is 2.00 bits per heavy atom. The van der Waals surface area contributed by atoms with Gasteiger partial charge in [-0.15, -0.1) is 12.4 Å². The van der Waals surface area contributed by atoms with E-state index >= 15 is 0 Å². The molecule has 2 fully saturated rings. The second-order valence-electron chi connectivity index (χ2n) is 4.08. The fourth-order valence-electron chi connectivity index (χ4n) is 2.04. The van der Waals surface area contributed by atoms with Crippen LogP contribution in [0.5, 0.6) is 0 Å². The number of hydrogen-bond donors (Lipinski definition) is 2. The Morgan fingerprint density at radius 3 is 2.60 bits per heavy atom. The molecule has 2 heterocycles. The van der Waals surface area contributed by atoms with Crippen molar-refractivity contribution in [1.29, 1.82) is 0 Å². The summed E-state index contributed by atoms with van der Waals surface area (Å²) in [5.74, 6) is 0.416. The third-order valence-electron chi connectivity index (χ3n) is 3.00. The first-order valence-electron chi connectivity index (χ1n) is 5.45. The van der Waals surface area contributed by atoms with Crippen LogP contribution in [0.3, 0.4) is 0 Å². The fourth-order valence-corrected chi connectivity index (χ4v) is 2.04. The predicted octanol–water partition coefficient (Wildman–Crippen LogP) is 0.313. The largest absolute Gasteiger partial charge is 0.381 e. The van der Waals surface area contributed by atoms with Gasteiger partial charge >= 0.3 is 0 Å². The zero-order valence-corrected chi connectivity index (χ0v) is 9.65. The minimum absolute atomic E-state index is 0. The molecule has 15 heavy (non-hydrogen) atoms. The van der Waals surface area contributed by atoms with Gasteiger partial charge in [-0.1, -0.05) is 0 Å². The summed E-state index contributed by atoms with van der Waals surface area (Å²) in [5, 5.41) is 6.31. The molecule has 0 spiro atoms. The molecule has 1 amide bonds. The number of hydrogen-bond acceptors (Lipinski definition) is 3. The summed E-state index contributed by atoms with van der Waals surface area (Å²) in [5.41, 5.74) is 0. The van der Waals surface area contributed by atoms with Crippen LogP contribution in [0.15, 0.2) is 0 Å². The van der Waals surface area contributed by atoms with E-state index in [1.54, 1.807) is 0 Å². The van der Waals surface area contributed by atoms with E-state index in [1.165, 1.54) is 0 Å². The number of carbonyl (C=O) groups is 1. The summed E-state index contributed by atoms with van der Waals surface area (Å²) in [6.07, 6.45) is 2.91. The molecular formula is C10H19ClN2O2. The Bertz CT molecular complexity index is 202. The second kappa shape index (κ2) is 6.30. The van der Waals surface area contributed by atoms with Crippen molar-refractivity contribution in [2.24, 2.45) is 5.92 Å². The molecule has 0 saturated carbocycles. The maximum Gasteiger partial charge on any atom is 0.224 e. The van der Waals surface area contributed by atoms with Crippen molar-refractivity contribution in [2.45, 2.75) is 25.3 Å². The standard InChI is InChI=1S/C10H18N2O2.ClH/c13-10(8-1-4-11-7-8)12-9-2-5-14-6-3-9;/h8-9,11H,1-7H2,(H,12,13);1H. The monoisotopic (exact) mass is 234 g/mol. The summed E-state index contributed by atoms with van der Waals surface area (Å²) in [6.45, 7) is 3.39. The van der Waals surface area contributed by atoms with Crippen molar-refractivity contribution >= 4 is 18.3 Å². The molecule has 88 valence electrons. The average molecular weight is 235 g/mol. The van der Waals surface area contributed by atoms with Crippen LogP contribution in [0.4, 0.5) is 0 Å². The number of carbonyl (C=O) groups excluding carboxylic acids is 1. The van der Waals surface area contributed by atoms with Crippen LogP contribution in [0.25, 0.3) is 0 Å². The van der Waals surface area contributed by atoms with Gasteiger partial charge in [-0.05, 0) is 25.8 Å². The number of nitrogens with one attached hydrogen (secondary N) is 2. The molecule has 2 N–H and O–H groups in total. The Balaban J connectivity index is 0.00000112. The highest BCUT2D eigenvalue weighted by molar-refractivity contribution is 5.85. The molecule has 0 radical (unpaired) electrons. The van der Waals surface area contributed by atoms with Gasteiger partial charge in [-0.2, -0.15) is 0 Å². The van der Waals surface area contributed by atoms with Crippen LogP contribution >= 0.6 is 12.4 Å². The van der Waals surface area contributed by atoms with E-state index in [0.29, 0.717) is 6.04 Å². The number of rotatable bonds is 2. The smallest absolute Gasteiger partial charge is 0.224 e. The molecule has 0 bridgehead atoms. The van der Waals surface area contributed by atoms with Gasteiger partial charge in [0.1, 0.15) is 0 Å². The SMILES string of the molecule is Cl.O=C(NC1CCOCC1)C1CCNC1. The fraction of sp³-hybridized carbons (Fsp3) is 0.900. The molecule has 2 rings (SSSR count). The topological polar surface area (TPSA) is 50.4 Å². The highest BCUT2D eigenvalue weighted by Crippen LogP contribution is 2.11. The third kappa shape index (κ3) is 3.63. The van der Waals surface area contributed by atoms with Gasteiger partial charge in [0.25, 0.3) is 0 Å². The van der Waals surface area contributed by atoms with E-state index in [9.17, 15) is 4.79 Å². The lowest BCUT2D eigenvalue weighted by Crippen LogP contribution is -2.42. The molecular weight excluding hydrogens is 216 g/mol. The van der Waals surface area contributed by atoms with E-state index in [1.807, 2.05) is 0 Å². The number of halogens is 1. The molecule has 1 atom stereocenters. The van der Waals surface area contributed by atoms with Crippen molar-refractivity contribution in [3.63, 3.8) is 0 Å². The lowest BCUT2D eigenvalue weighted by Gasteiger charge is -2.24. The van der Waals surface area contributed by atoms with Gasteiger partial charge in [-0.3, -0.25) is 4.79 Å². The lowest BCUT2D eigenvalue weighted by molar-refractivity contribution is -0.125. The van der Waals surface area contributed by atoms with Crippen molar-refractivity contribution in [3.05, 3.63) is 0 Å². The van der Waals surface area contributed by atoms with Crippen LogP contribution in [0.1, 0.15) is 19.3 Å². The molecule has 0 aromatic carbocycles. The van der Waals surface area contributed by atoms with Gasteiger partial charge in [0.05, 0.1) is 5.92 Å². The molecule has 2 aliphatic heterocycles. The summed E-state index contributed by atoms with van der Waals surface area (Å²) in [7, 11) is 0. The maximum absolute atomic E-state index is 11.7. The minimum Gasteiger partial charge on any atom is -0.381 e. The van der Waals surface area contributed by atoms with Crippen LogP contribution in [0, 0.1) is 5.92 Å². The van der Waals surface area contributed by atoms with Gasteiger partial charge in [0.2, 0.25) is 5.91 Å². The molecule has 0 aromatic heterocycles. The lowest BCUT2D eigenvalue weighted by atomic mass is 10.1. The normalized spacial score (nSPS) is 27.1. The Hall–Kier alpha value is -0.320. The van der Waals surface area contributed by atoms with Gasteiger partial charge in [-0.25, -0.2) is 0 Å². The van der Waals surface area contributed by atoms with E-state index in [2.05, 4.69) is 10.6 Å². The van der Waals surface area contributed by atoms with Gasteiger partial charge < -0.3 is 15.4 Å². The highest BCUT2D eigenvalue weighted by Gasteiger charge is 2.25. The minimum atomic E-state index is 0. The molecule has 5 heteroatoms. The van der Waals surface area contributed by atoms with Crippen molar-refractivity contribution in [2.75, 3.05) is 26.3 Å². The number of ether oxygens (including phenoxy) is 1. The molecule has 1 unspecified atom stereocenters. The third-order valence-corrected chi connectivity index (χ3v) is 3.00. The number of amides is 1. The van der Waals surface area contributed by atoms with E-state index in [-0.39, 0.29) is 24.2 Å². The molecule has 0 aliphatic carbocycles. The van der Waals surface area contributed by atoms with Crippen LogP contribution in [-0.2, 0) is 9.53 Å². The maximum atomic E-state index is 11.7. The van der Waals surface area contributed by atoms with Gasteiger partial charge in [0, 0.05) is 25.8 Å². The Morgan fingerprint density at radius 1 is 1.27 bits per heavy atom. The molecule has 4 nitrogen and oxygen atoms in total.